The molecular weight excluding hydrogens is 470 g/mol. The summed E-state index contributed by atoms with van der Waals surface area (Å²) in [6.07, 6.45) is 8.81. The fraction of sp³-hybridized carbons (Fsp3) is 0.273. The molecule has 4 aromatic rings. The Labute approximate surface area is 225 Å². The lowest BCUT2D eigenvalue weighted by atomic mass is 9.83. The fourth-order valence-corrected chi connectivity index (χ4v) is 5.60. The van der Waals surface area contributed by atoms with Crippen LogP contribution < -0.4 is 4.90 Å². The Morgan fingerprint density at radius 1 is 1.05 bits per heavy atom. The fourth-order valence-electron chi connectivity index (χ4n) is 5.60. The first kappa shape index (κ1) is 25.5. The van der Waals surface area contributed by atoms with Gasteiger partial charge in [0.25, 0.3) is 0 Å². The second kappa shape index (κ2) is 10.7. The van der Waals surface area contributed by atoms with Crippen molar-refractivity contribution in [3.63, 3.8) is 0 Å². The molecule has 5 nitrogen and oxygen atoms in total. The van der Waals surface area contributed by atoms with E-state index in [1.165, 1.54) is 39.6 Å². The third kappa shape index (κ3) is 5.42. The van der Waals surface area contributed by atoms with Gasteiger partial charge in [-0.15, -0.1) is 0 Å². The van der Waals surface area contributed by atoms with Crippen LogP contribution in [0.1, 0.15) is 54.6 Å². The topological polar surface area (TPSA) is 58.4 Å². The number of aromatic nitrogens is 2. The minimum Gasteiger partial charge on any atom is -0.478 e. The number of aryl methyl sites for hydroxylation is 1. The molecule has 1 aromatic heterocycles. The molecule has 1 N–H and O–H groups in total. The van der Waals surface area contributed by atoms with Gasteiger partial charge in [-0.2, -0.15) is 5.10 Å². The first-order chi connectivity index (χ1) is 18.3. The van der Waals surface area contributed by atoms with Crippen molar-refractivity contribution in [2.75, 3.05) is 4.90 Å². The normalized spacial score (nSPS) is 17.2. The van der Waals surface area contributed by atoms with E-state index in [1.807, 2.05) is 30.1 Å². The van der Waals surface area contributed by atoms with Gasteiger partial charge in [-0.1, -0.05) is 68.4 Å². The number of hydrogen-bond donors (Lipinski definition) is 1. The van der Waals surface area contributed by atoms with Crippen molar-refractivity contribution in [1.29, 1.82) is 0 Å². The van der Waals surface area contributed by atoms with Gasteiger partial charge in [-0.05, 0) is 77.3 Å². The summed E-state index contributed by atoms with van der Waals surface area (Å²) in [5.74, 6) is -0.322. The molecule has 0 saturated heterocycles. The lowest BCUT2D eigenvalue weighted by molar-refractivity contribution is -0.131. The summed E-state index contributed by atoms with van der Waals surface area (Å²) in [4.78, 5) is 13.5. The summed E-state index contributed by atoms with van der Waals surface area (Å²) in [7, 11) is 1.94. The van der Waals surface area contributed by atoms with Crippen LogP contribution in [0.25, 0.3) is 17.2 Å². The molecule has 1 aliphatic heterocycles. The van der Waals surface area contributed by atoms with Crippen LogP contribution in [0.5, 0.6) is 0 Å². The average Bonchev–Trinajstić information content (AvgIpc) is 3.33. The minimum absolute atomic E-state index is 0.0464. The van der Waals surface area contributed by atoms with Gasteiger partial charge in [0.05, 0.1) is 12.2 Å². The molecule has 2 heterocycles. The molecule has 0 fully saturated rings. The van der Waals surface area contributed by atoms with Gasteiger partial charge in [0.15, 0.2) is 0 Å². The molecular formula is C33H35N3O2. The Balaban J connectivity index is 1.57. The van der Waals surface area contributed by atoms with Crippen LogP contribution in [-0.2, 0) is 24.7 Å². The Kier molecular flexibility index (Phi) is 7.19. The highest BCUT2D eigenvalue weighted by Crippen LogP contribution is 2.42. The lowest BCUT2D eigenvalue weighted by Gasteiger charge is -2.44. The first-order valence-corrected chi connectivity index (χ1v) is 13.3. The number of aliphatic carboxylic acids is 1. The number of hydrogen-bond acceptors (Lipinski definition) is 3. The van der Waals surface area contributed by atoms with Crippen LogP contribution >= 0.6 is 0 Å². The average molecular weight is 506 g/mol. The molecule has 5 rings (SSSR count). The molecule has 0 saturated carbocycles. The molecule has 5 heteroatoms. The molecule has 0 aliphatic carbocycles. The number of carboxylic acid groups (broad SMARTS) is 1. The zero-order chi connectivity index (χ0) is 26.8. The highest BCUT2D eigenvalue weighted by atomic mass is 16.4. The molecule has 0 spiro atoms. The highest BCUT2D eigenvalue weighted by Gasteiger charge is 2.33. The second-order valence-corrected chi connectivity index (χ2v) is 10.8. The summed E-state index contributed by atoms with van der Waals surface area (Å²) in [6.45, 7) is 6.81. The molecule has 2 atom stereocenters. The van der Waals surface area contributed by atoms with Crippen molar-refractivity contribution in [1.82, 2.24) is 9.78 Å². The number of rotatable bonds is 7. The summed E-state index contributed by atoms with van der Waals surface area (Å²) in [6, 6.07) is 24.4. The Morgan fingerprint density at radius 3 is 2.42 bits per heavy atom. The van der Waals surface area contributed by atoms with E-state index in [9.17, 15) is 4.79 Å². The maximum atomic E-state index is 11.0. The van der Waals surface area contributed by atoms with Crippen molar-refractivity contribution in [3.05, 3.63) is 113 Å². The standard InChI is InChI=1S/C33H35N3O2/c1-22(2)17-25-7-13-30(14-8-25)36-23(3)18-28-19-27(29-20-34-35(4)21-29)12-15-31(28)33(36)26-10-5-24(6-11-26)9-16-32(37)38/h5-16,19-23,33H,17-18H2,1-4H3,(H,37,38)/b16-9+/t23-,33-/m1/s1. The predicted octanol–water partition coefficient (Wildman–Crippen LogP) is 6.92. The summed E-state index contributed by atoms with van der Waals surface area (Å²) < 4.78 is 1.84. The quantitative estimate of drug-likeness (QED) is 0.277. The SMILES string of the molecule is CC(C)Cc1ccc(N2[C@H](c3ccc(/C=C/C(=O)O)cc3)c3ccc(-c4cnn(C)c4)cc3C[C@H]2C)cc1. The number of anilines is 1. The largest absolute Gasteiger partial charge is 0.478 e. The van der Waals surface area contributed by atoms with Gasteiger partial charge < -0.3 is 10.0 Å². The molecule has 0 bridgehead atoms. The van der Waals surface area contributed by atoms with Gasteiger partial charge in [0.1, 0.15) is 0 Å². The molecule has 38 heavy (non-hydrogen) atoms. The molecule has 0 amide bonds. The zero-order valence-electron chi connectivity index (χ0n) is 22.5. The van der Waals surface area contributed by atoms with Crippen LogP contribution in [-0.4, -0.2) is 26.9 Å². The first-order valence-electron chi connectivity index (χ1n) is 13.3. The van der Waals surface area contributed by atoms with Crippen LogP contribution in [0, 0.1) is 5.92 Å². The van der Waals surface area contributed by atoms with Crippen LogP contribution in [0.2, 0.25) is 0 Å². The van der Waals surface area contributed by atoms with Gasteiger partial charge in [-0.25, -0.2) is 4.79 Å². The van der Waals surface area contributed by atoms with E-state index >= 15 is 0 Å². The van der Waals surface area contributed by atoms with Crippen molar-refractivity contribution >= 4 is 17.7 Å². The minimum atomic E-state index is -0.944. The second-order valence-electron chi connectivity index (χ2n) is 10.8. The Morgan fingerprint density at radius 2 is 1.79 bits per heavy atom. The lowest BCUT2D eigenvalue weighted by Crippen LogP contribution is -2.42. The number of fused-ring (bicyclic) bond motifs is 1. The van der Waals surface area contributed by atoms with Gasteiger partial charge >= 0.3 is 5.97 Å². The molecule has 3 aromatic carbocycles. The van der Waals surface area contributed by atoms with Gasteiger partial charge in [-0.3, -0.25) is 4.68 Å². The third-order valence-corrected chi connectivity index (χ3v) is 7.29. The van der Waals surface area contributed by atoms with Crippen molar-refractivity contribution < 1.29 is 9.90 Å². The summed E-state index contributed by atoms with van der Waals surface area (Å²) in [5, 5.41) is 13.4. The van der Waals surface area contributed by atoms with E-state index in [2.05, 4.69) is 91.6 Å². The smallest absolute Gasteiger partial charge is 0.328 e. The van der Waals surface area contributed by atoms with Crippen molar-refractivity contribution in [3.8, 4) is 11.1 Å². The Bertz CT molecular complexity index is 1450. The third-order valence-electron chi connectivity index (χ3n) is 7.29. The van der Waals surface area contributed by atoms with Crippen LogP contribution in [0.15, 0.2) is 85.2 Å². The van der Waals surface area contributed by atoms with E-state index in [4.69, 9.17) is 5.11 Å². The molecule has 1 aliphatic rings. The molecule has 194 valence electrons. The monoisotopic (exact) mass is 505 g/mol. The molecule has 0 unspecified atom stereocenters. The number of carboxylic acids is 1. The van der Waals surface area contributed by atoms with Gasteiger partial charge in [0.2, 0.25) is 0 Å². The number of nitrogens with zero attached hydrogens (tertiary/aromatic N) is 3. The Hall–Kier alpha value is -4.12. The van der Waals surface area contributed by atoms with Gasteiger partial charge in [0, 0.05) is 36.6 Å². The van der Waals surface area contributed by atoms with Crippen LogP contribution in [0.3, 0.4) is 0 Å². The van der Waals surface area contributed by atoms with E-state index in [-0.39, 0.29) is 6.04 Å². The summed E-state index contributed by atoms with van der Waals surface area (Å²) in [5.41, 5.74) is 9.60. The van der Waals surface area contributed by atoms with E-state index in [0.29, 0.717) is 12.0 Å². The maximum absolute atomic E-state index is 11.0. The zero-order valence-corrected chi connectivity index (χ0v) is 22.5. The predicted molar refractivity (Wildman–Crippen MR) is 154 cm³/mol. The van der Waals surface area contributed by atoms with Crippen LogP contribution in [0.4, 0.5) is 5.69 Å². The number of benzene rings is 3. The van der Waals surface area contributed by atoms with Crippen molar-refractivity contribution in [2.24, 2.45) is 13.0 Å². The highest BCUT2D eigenvalue weighted by molar-refractivity contribution is 5.85. The van der Waals surface area contributed by atoms with Crippen molar-refractivity contribution in [2.45, 2.75) is 45.7 Å². The van der Waals surface area contributed by atoms with E-state index in [1.54, 1.807) is 6.08 Å². The van der Waals surface area contributed by atoms with E-state index in [0.717, 1.165) is 24.0 Å². The summed E-state index contributed by atoms with van der Waals surface area (Å²) >= 11 is 0. The number of carbonyl (C=O) groups is 1. The molecule has 0 radical (unpaired) electrons. The van der Waals surface area contributed by atoms with E-state index < -0.39 is 5.97 Å². The maximum Gasteiger partial charge on any atom is 0.328 e.